The molecule has 0 saturated heterocycles. The van der Waals surface area contributed by atoms with E-state index in [0.717, 1.165) is 11.0 Å². The van der Waals surface area contributed by atoms with E-state index in [0.29, 0.717) is 0 Å². The van der Waals surface area contributed by atoms with Crippen molar-refractivity contribution >= 4 is 55.4 Å². The zero-order valence-electron chi connectivity index (χ0n) is 15.4. The Bertz CT molecular complexity index is 1530. The Morgan fingerprint density at radius 1 is 0.607 bits per heavy atom. The van der Waals surface area contributed by atoms with Gasteiger partial charge < -0.3 is 4.57 Å². The van der Waals surface area contributed by atoms with Crippen LogP contribution in [0.15, 0.2) is 84.9 Å². The Kier molecular flexibility index (Phi) is 3.18. The van der Waals surface area contributed by atoms with Crippen LogP contribution in [-0.2, 0) is 7.05 Å². The van der Waals surface area contributed by atoms with Crippen LogP contribution in [0.25, 0.3) is 54.7 Å². The first kappa shape index (κ1) is 15.8. The second kappa shape index (κ2) is 5.63. The van der Waals surface area contributed by atoms with Crippen LogP contribution in [0.2, 0.25) is 0 Å². The van der Waals surface area contributed by atoms with Crippen molar-refractivity contribution in [3.8, 4) is 11.1 Å². The third kappa shape index (κ3) is 1.98. The fraction of sp³-hybridized carbons (Fsp3) is 0.0400. The average Bonchev–Trinajstić information content (AvgIpc) is 3.21. The van der Waals surface area contributed by atoms with E-state index in [1.54, 1.807) is 4.09 Å². The quantitative estimate of drug-likeness (QED) is 0.287. The van der Waals surface area contributed by atoms with Crippen molar-refractivity contribution in [3.63, 3.8) is 0 Å². The van der Waals surface area contributed by atoms with E-state index in [9.17, 15) is 0 Å². The van der Waals surface area contributed by atoms with Crippen LogP contribution in [0, 0.1) is 0 Å². The topological polar surface area (TPSA) is 9.86 Å². The van der Waals surface area contributed by atoms with Gasteiger partial charge in [0, 0.05) is 51.4 Å². The number of benzene rings is 4. The highest BCUT2D eigenvalue weighted by molar-refractivity contribution is 6.28. The second-order valence-electron chi connectivity index (χ2n) is 7.31. The summed E-state index contributed by atoms with van der Waals surface area (Å²) < 4.78 is 4.03. The van der Waals surface area contributed by atoms with Crippen molar-refractivity contribution in [1.82, 2.24) is 8.65 Å². The highest BCUT2D eigenvalue weighted by Gasteiger charge is 2.15. The Labute approximate surface area is 167 Å². The highest BCUT2D eigenvalue weighted by atomic mass is 35.5. The number of nitrogens with zero attached hydrogens (tertiary/aromatic N) is 2. The molecule has 0 fully saturated rings. The zero-order chi connectivity index (χ0) is 18.8. The summed E-state index contributed by atoms with van der Waals surface area (Å²) in [6.07, 6.45) is 0. The van der Waals surface area contributed by atoms with E-state index in [-0.39, 0.29) is 0 Å². The van der Waals surface area contributed by atoms with Crippen LogP contribution in [0.1, 0.15) is 0 Å². The fourth-order valence-electron chi connectivity index (χ4n) is 4.55. The van der Waals surface area contributed by atoms with Gasteiger partial charge in [0.1, 0.15) is 0 Å². The molecule has 0 radical (unpaired) electrons. The molecule has 4 aromatic carbocycles. The first-order chi connectivity index (χ1) is 13.7. The van der Waals surface area contributed by atoms with Crippen LogP contribution >= 0.6 is 11.8 Å². The third-order valence-electron chi connectivity index (χ3n) is 5.86. The van der Waals surface area contributed by atoms with E-state index < -0.39 is 0 Å². The minimum absolute atomic E-state index is 1.04. The largest absolute Gasteiger partial charge is 0.344 e. The molecule has 0 spiro atoms. The first-order valence-corrected chi connectivity index (χ1v) is 9.74. The third-order valence-corrected chi connectivity index (χ3v) is 6.23. The standard InChI is InChI=1S/C25H17ClN2/c1-27-21-10-4-2-7-18(21)20-15-16(13-14-22(20)27)17-9-6-12-24-25(17)19-8-3-5-11-23(19)28(24)26/h2-15H,1H3. The summed E-state index contributed by atoms with van der Waals surface area (Å²) in [6, 6.07) is 30.0. The lowest BCUT2D eigenvalue weighted by atomic mass is 9.98. The molecule has 0 saturated carbocycles. The van der Waals surface area contributed by atoms with Crippen molar-refractivity contribution in [3.05, 3.63) is 84.9 Å². The summed E-state index contributed by atoms with van der Waals surface area (Å²) in [7, 11) is 2.13. The van der Waals surface area contributed by atoms with Gasteiger partial charge in [-0.1, -0.05) is 54.6 Å². The van der Waals surface area contributed by atoms with E-state index in [1.165, 1.54) is 43.7 Å². The van der Waals surface area contributed by atoms with Crippen LogP contribution < -0.4 is 0 Å². The molecule has 0 unspecified atom stereocenters. The lowest BCUT2D eigenvalue weighted by molar-refractivity contribution is 1.01. The van der Waals surface area contributed by atoms with Gasteiger partial charge in [-0.05, 0) is 41.5 Å². The maximum absolute atomic E-state index is 6.64. The maximum Gasteiger partial charge on any atom is 0.0667 e. The second-order valence-corrected chi connectivity index (χ2v) is 7.64. The molecule has 0 amide bonds. The summed E-state index contributed by atoms with van der Waals surface area (Å²) in [6.45, 7) is 0. The molecule has 0 aliphatic rings. The van der Waals surface area contributed by atoms with E-state index >= 15 is 0 Å². The van der Waals surface area contributed by atoms with E-state index in [2.05, 4.69) is 90.5 Å². The molecule has 0 bridgehead atoms. The predicted molar refractivity (Wildman–Crippen MR) is 120 cm³/mol. The lowest BCUT2D eigenvalue weighted by Crippen LogP contribution is -1.86. The number of rotatable bonds is 1. The summed E-state index contributed by atoms with van der Waals surface area (Å²) in [4.78, 5) is 0. The SMILES string of the molecule is Cn1c2ccccc2c2cc(-c3cccc4c3c3ccccc3n4Cl)ccc21. The van der Waals surface area contributed by atoms with E-state index in [1.807, 2.05) is 6.07 Å². The number of aryl methyl sites for hydroxylation is 1. The number of fused-ring (bicyclic) bond motifs is 6. The molecular formula is C25H17ClN2. The zero-order valence-corrected chi connectivity index (χ0v) is 16.1. The molecular weight excluding hydrogens is 364 g/mol. The molecule has 134 valence electrons. The molecule has 0 N–H and O–H groups in total. The van der Waals surface area contributed by atoms with Crippen LogP contribution in [-0.4, -0.2) is 8.65 Å². The molecule has 0 atom stereocenters. The van der Waals surface area contributed by atoms with E-state index in [4.69, 9.17) is 11.8 Å². The van der Waals surface area contributed by atoms with Gasteiger partial charge in [0.2, 0.25) is 0 Å². The molecule has 0 aliphatic carbocycles. The highest BCUT2D eigenvalue weighted by Crippen LogP contribution is 2.39. The predicted octanol–water partition coefficient (Wildman–Crippen LogP) is 7.11. The van der Waals surface area contributed by atoms with Crippen molar-refractivity contribution in [1.29, 1.82) is 0 Å². The average molecular weight is 381 g/mol. The summed E-state index contributed by atoms with van der Waals surface area (Å²) in [5.41, 5.74) is 7.00. The Balaban J connectivity index is 1.73. The summed E-state index contributed by atoms with van der Waals surface area (Å²) >= 11 is 6.64. The van der Waals surface area contributed by atoms with Crippen LogP contribution in [0.4, 0.5) is 0 Å². The summed E-state index contributed by atoms with van der Waals surface area (Å²) in [5, 5.41) is 4.95. The Hall–Kier alpha value is -3.23. The maximum atomic E-state index is 6.64. The minimum Gasteiger partial charge on any atom is -0.344 e. The lowest BCUT2D eigenvalue weighted by Gasteiger charge is -2.06. The van der Waals surface area contributed by atoms with Crippen LogP contribution in [0.3, 0.4) is 0 Å². The minimum atomic E-state index is 1.04. The molecule has 28 heavy (non-hydrogen) atoms. The van der Waals surface area contributed by atoms with Crippen LogP contribution in [0.5, 0.6) is 0 Å². The molecule has 3 heteroatoms. The monoisotopic (exact) mass is 380 g/mol. The number of halogens is 1. The normalized spacial score (nSPS) is 11.9. The smallest absolute Gasteiger partial charge is 0.0667 e. The Morgan fingerprint density at radius 2 is 1.29 bits per heavy atom. The van der Waals surface area contributed by atoms with Gasteiger partial charge in [0.15, 0.2) is 0 Å². The Morgan fingerprint density at radius 3 is 2.14 bits per heavy atom. The molecule has 6 aromatic rings. The molecule has 0 aliphatic heterocycles. The van der Waals surface area contributed by atoms with Gasteiger partial charge in [-0.3, -0.25) is 4.09 Å². The van der Waals surface area contributed by atoms with Crippen molar-refractivity contribution in [2.75, 3.05) is 0 Å². The van der Waals surface area contributed by atoms with Gasteiger partial charge in [-0.2, -0.15) is 0 Å². The van der Waals surface area contributed by atoms with Gasteiger partial charge in [0.05, 0.1) is 11.0 Å². The number of hydrogen-bond acceptors (Lipinski definition) is 0. The number of para-hydroxylation sites is 2. The molecule has 6 rings (SSSR count). The van der Waals surface area contributed by atoms with Gasteiger partial charge in [0.25, 0.3) is 0 Å². The summed E-state index contributed by atoms with van der Waals surface area (Å²) in [5.74, 6) is 0. The number of hydrogen-bond donors (Lipinski definition) is 0. The van der Waals surface area contributed by atoms with Crippen molar-refractivity contribution in [2.45, 2.75) is 0 Å². The van der Waals surface area contributed by atoms with Gasteiger partial charge in [-0.25, -0.2) is 0 Å². The molecule has 2 heterocycles. The van der Waals surface area contributed by atoms with Gasteiger partial charge >= 0.3 is 0 Å². The first-order valence-electron chi connectivity index (χ1n) is 9.40. The number of aromatic nitrogens is 2. The van der Waals surface area contributed by atoms with Crippen molar-refractivity contribution < 1.29 is 0 Å². The fourth-order valence-corrected chi connectivity index (χ4v) is 4.84. The van der Waals surface area contributed by atoms with Crippen molar-refractivity contribution in [2.24, 2.45) is 7.05 Å². The van der Waals surface area contributed by atoms with Gasteiger partial charge in [-0.15, -0.1) is 0 Å². The molecule has 2 nitrogen and oxygen atoms in total. The molecule has 2 aromatic heterocycles.